The monoisotopic (exact) mass is 315 g/mol. The number of rotatable bonds is 3. The molecule has 23 heavy (non-hydrogen) atoms. The maximum absolute atomic E-state index is 12.4. The van der Waals surface area contributed by atoms with Gasteiger partial charge in [-0.25, -0.2) is 4.98 Å². The van der Waals surface area contributed by atoms with E-state index in [4.69, 9.17) is 5.11 Å². The normalized spacial score (nSPS) is 18.1. The Kier molecular flexibility index (Phi) is 4.10. The first-order valence-corrected chi connectivity index (χ1v) is 7.51. The van der Waals surface area contributed by atoms with Gasteiger partial charge in [-0.1, -0.05) is 12.1 Å². The molecule has 1 saturated heterocycles. The first-order chi connectivity index (χ1) is 11.1. The summed E-state index contributed by atoms with van der Waals surface area (Å²) in [5.41, 5.74) is 0.320. The third-order valence-corrected chi connectivity index (χ3v) is 4.16. The molecule has 3 rings (SSSR count). The third-order valence-electron chi connectivity index (χ3n) is 4.16. The van der Waals surface area contributed by atoms with Gasteiger partial charge in [-0.2, -0.15) is 0 Å². The highest BCUT2D eigenvalue weighted by Crippen LogP contribution is 2.17. The Balaban J connectivity index is 1.79. The lowest BCUT2D eigenvalue weighted by Crippen LogP contribution is -2.44. The van der Waals surface area contributed by atoms with Crippen molar-refractivity contribution in [1.29, 1.82) is 0 Å². The summed E-state index contributed by atoms with van der Waals surface area (Å²) in [5.74, 6) is -1.67. The van der Waals surface area contributed by atoms with Crippen LogP contribution in [0, 0.1) is 5.92 Å². The lowest BCUT2D eigenvalue weighted by molar-refractivity contribution is -0.145. The molecule has 2 aromatic rings. The van der Waals surface area contributed by atoms with Crippen LogP contribution in [-0.2, 0) is 16.1 Å². The zero-order chi connectivity index (χ0) is 16.4. The average Bonchev–Trinajstić information content (AvgIpc) is 2.57. The van der Waals surface area contributed by atoms with Crippen molar-refractivity contribution in [3.8, 4) is 0 Å². The molecule has 0 spiro atoms. The molecule has 0 saturated carbocycles. The maximum Gasteiger partial charge on any atom is 0.308 e. The van der Waals surface area contributed by atoms with Gasteiger partial charge in [0.05, 0.1) is 23.1 Å². The summed E-state index contributed by atoms with van der Waals surface area (Å²) in [6.45, 7) is 0.602. The van der Waals surface area contributed by atoms with Crippen LogP contribution >= 0.6 is 0 Å². The van der Waals surface area contributed by atoms with Gasteiger partial charge < -0.3 is 10.0 Å². The van der Waals surface area contributed by atoms with Crippen LogP contribution in [-0.4, -0.2) is 44.5 Å². The molecule has 1 aromatic carbocycles. The quantitative estimate of drug-likeness (QED) is 0.901. The van der Waals surface area contributed by atoms with Crippen molar-refractivity contribution >= 4 is 22.8 Å². The molecule has 1 aliphatic heterocycles. The standard InChI is InChI=1S/C16H17N3O4/c20-14(18-7-3-4-11(8-18)16(22)23)9-19-10-17-13-6-2-1-5-12(13)15(19)21/h1-2,5-6,10-11H,3-4,7-9H2,(H,22,23)/t11-/m0/s1. The Labute approximate surface area is 132 Å². The largest absolute Gasteiger partial charge is 0.481 e. The SMILES string of the molecule is O=C(O)[C@H]1CCCN(C(=O)Cn2cnc3ccccc3c2=O)C1. The van der Waals surface area contributed by atoms with Crippen molar-refractivity contribution in [1.82, 2.24) is 14.5 Å². The Morgan fingerprint density at radius 2 is 2.09 bits per heavy atom. The predicted octanol–water partition coefficient (Wildman–Crippen LogP) is 0.720. The van der Waals surface area contributed by atoms with Crippen LogP contribution in [0.15, 0.2) is 35.4 Å². The van der Waals surface area contributed by atoms with Crippen LogP contribution in [0.2, 0.25) is 0 Å². The van der Waals surface area contributed by atoms with Crippen molar-refractivity contribution in [2.24, 2.45) is 5.92 Å². The van der Waals surface area contributed by atoms with E-state index in [-0.39, 0.29) is 24.6 Å². The van der Waals surface area contributed by atoms with Gasteiger partial charge in [-0.15, -0.1) is 0 Å². The second-order valence-electron chi connectivity index (χ2n) is 5.71. The number of hydrogen-bond acceptors (Lipinski definition) is 4. The van der Waals surface area contributed by atoms with Crippen LogP contribution in [0.3, 0.4) is 0 Å². The van der Waals surface area contributed by atoms with E-state index in [0.717, 1.165) is 0 Å². The highest BCUT2D eigenvalue weighted by Gasteiger charge is 2.28. The number of carboxylic acids is 1. The summed E-state index contributed by atoms with van der Waals surface area (Å²) >= 11 is 0. The summed E-state index contributed by atoms with van der Waals surface area (Å²) in [5, 5.41) is 9.55. The summed E-state index contributed by atoms with van der Waals surface area (Å²) < 4.78 is 1.27. The van der Waals surface area contributed by atoms with E-state index < -0.39 is 11.9 Å². The second-order valence-corrected chi connectivity index (χ2v) is 5.71. The molecule has 0 aliphatic carbocycles. The van der Waals surface area contributed by atoms with Crippen LogP contribution < -0.4 is 5.56 Å². The first-order valence-electron chi connectivity index (χ1n) is 7.51. The predicted molar refractivity (Wildman–Crippen MR) is 82.9 cm³/mol. The van der Waals surface area contributed by atoms with E-state index in [0.29, 0.717) is 30.3 Å². The molecular weight excluding hydrogens is 298 g/mol. The lowest BCUT2D eigenvalue weighted by atomic mass is 9.98. The van der Waals surface area contributed by atoms with Crippen LogP contribution in [0.4, 0.5) is 0 Å². The number of aromatic nitrogens is 2. The third kappa shape index (κ3) is 3.08. The zero-order valence-corrected chi connectivity index (χ0v) is 12.5. The first kappa shape index (κ1) is 15.2. The van der Waals surface area contributed by atoms with Gasteiger partial charge in [0.15, 0.2) is 0 Å². The van der Waals surface area contributed by atoms with Gasteiger partial charge in [0.25, 0.3) is 5.56 Å². The molecular formula is C16H17N3O4. The molecule has 1 fully saturated rings. The van der Waals surface area contributed by atoms with Crippen LogP contribution in [0.1, 0.15) is 12.8 Å². The molecule has 0 unspecified atom stereocenters. The fourth-order valence-electron chi connectivity index (χ4n) is 2.87. The van der Waals surface area contributed by atoms with Crippen LogP contribution in [0.5, 0.6) is 0 Å². The van der Waals surface area contributed by atoms with Crippen molar-refractivity contribution in [2.75, 3.05) is 13.1 Å². The van der Waals surface area contributed by atoms with E-state index in [1.807, 2.05) is 0 Å². The number of piperidine rings is 1. The summed E-state index contributed by atoms with van der Waals surface area (Å²) in [7, 11) is 0. The minimum Gasteiger partial charge on any atom is -0.481 e. The van der Waals surface area contributed by atoms with Gasteiger partial charge in [0, 0.05) is 13.1 Å². The molecule has 0 radical (unpaired) electrons. The smallest absolute Gasteiger partial charge is 0.308 e. The summed E-state index contributed by atoms with van der Waals surface area (Å²) in [6, 6.07) is 6.96. The van der Waals surface area contributed by atoms with E-state index >= 15 is 0 Å². The number of likely N-dealkylation sites (tertiary alicyclic amines) is 1. The number of carboxylic acid groups (broad SMARTS) is 1. The molecule has 7 nitrogen and oxygen atoms in total. The number of para-hydroxylation sites is 1. The van der Waals surface area contributed by atoms with Gasteiger partial charge in [-0.05, 0) is 25.0 Å². The molecule has 120 valence electrons. The van der Waals surface area contributed by atoms with Crippen molar-refractivity contribution in [2.45, 2.75) is 19.4 Å². The number of hydrogen-bond donors (Lipinski definition) is 1. The maximum atomic E-state index is 12.4. The topological polar surface area (TPSA) is 92.5 Å². The highest BCUT2D eigenvalue weighted by molar-refractivity contribution is 5.79. The number of nitrogens with zero attached hydrogens (tertiary/aromatic N) is 3. The van der Waals surface area contributed by atoms with E-state index in [2.05, 4.69) is 4.98 Å². The average molecular weight is 315 g/mol. The van der Waals surface area contributed by atoms with Gasteiger partial charge in [-0.3, -0.25) is 19.0 Å². The molecule has 2 heterocycles. The van der Waals surface area contributed by atoms with E-state index in [9.17, 15) is 14.4 Å². The molecule has 1 amide bonds. The van der Waals surface area contributed by atoms with E-state index in [1.165, 1.54) is 15.8 Å². The number of carbonyl (C=O) groups is 2. The van der Waals surface area contributed by atoms with Crippen molar-refractivity contribution < 1.29 is 14.7 Å². The molecule has 1 atom stereocenters. The molecule has 7 heteroatoms. The fourth-order valence-corrected chi connectivity index (χ4v) is 2.87. The molecule has 1 aliphatic rings. The number of fused-ring (bicyclic) bond motifs is 1. The summed E-state index contributed by atoms with van der Waals surface area (Å²) in [6.07, 6.45) is 2.60. The molecule has 1 aromatic heterocycles. The number of carbonyl (C=O) groups excluding carboxylic acids is 1. The second kappa shape index (κ2) is 6.20. The Bertz CT molecular complexity index is 814. The highest BCUT2D eigenvalue weighted by atomic mass is 16.4. The minimum absolute atomic E-state index is 0.122. The van der Waals surface area contributed by atoms with E-state index in [1.54, 1.807) is 24.3 Å². The summed E-state index contributed by atoms with van der Waals surface area (Å²) in [4.78, 5) is 41.5. The van der Waals surface area contributed by atoms with Gasteiger partial charge >= 0.3 is 5.97 Å². The van der Waals surface area contributed by atoms with Crippen molar-refractivity contribution in [3.05, 3.63) is 40.9 Å². The Morgan fingerprint density at radius 1 is 1.30 bits per heavy atom. The molecule has 1 N–H and O–H groups in total. The van der Waals surface area contributed by atoms with Crippen LogP contribution in [0.25, 0.3) is 10.9 Å². The fraction of sp³-hybridized carbons (Fsp3) is 0.375. The Hall–Kier alpha value is -2.70. The van der Waals surface area contributed by atoms with Gasteiger partial charge in [0.2, 0.25) is 5.91 Å². The lowest BCUT2D eigenvalue weighted by Gasteiger charge is -2.30. The number of benzene rings is 1. The minimum atomic E-state index is -0.882. The Morgan fingerprint density at radius 3 is 2.87 bits per heavy atom. The number of amides is 1. The molecule has 0 bridgehead atoms. The zero-order valence-electron chi connectivity index (χ0n) is 12.5. The van der Waals surface area contributed by atoms with Gasteiger partial charge in [0.1, 0.15) is 6.54 Å². The van der Waals surface area contributed by atoms with Crippen molar-refractivity contribution in [3.63, 3.8) is 0 Å². The number of aliphatic carboxylic acids is 1.